The number of benzene rings is 1. The van der Waals surface area contributed by atoms with E-state index in [0.717, 1.165) is 25.6 Å². The summed E-state index contributed by atoms with van der Waals surface area (Å²) < 4.78 is 38.2. The lowest BCUT2D eigenvalue weighted by molar-refractivity contribution is -0.137. The molecule has 0 radical (unpaired) electrons. The topological polar surface area (TPSA) is 15.3 Å². The van der Waals surface area contributed by atoms with Gasteiger partial charge in [-0.15, -0.1) is 0 Å². The van der Waals surface area contributed by atoms with Gasteiger partial charge >= 0.3 is 6.18 Å². The van der Waals surface area contributed by atoms with Crippen LogP contribution in [0.15, 0.2) is 24.3 Å². The van der Waals surface area contributed by atoms with Gasteiger partial charge in [-0.1, -0.05) is 12.1 Å². The van der Waals surface area contributed by atoms with Crippen LogP contribution in [0.4, 0.5) is 13.2 Å². The standard InChI is InChI=1S/C15H21F3N2/c1-11(20(2)10-14-7-4-8-19-14)12-5-3-6-13(9-12)15(16,17)18/h3,5-6,9,11,14,19H,4,7-8,10H2,1-2H3. The van der Waals surface area contributed by atoms with Crippen LogP contribution in [0.25, 0.3) is 0 Å². The minimum absolute atomic E-state index is 0.0281. The number of halogens is 3. The maximum Gasteiger partial charge on any atom is 0.416 e. The molecule has 20 heavy (non-hydrogen) atoms. The first kappa shape index (κ1) is 15.3. The van der Waals surface area contributed by atoms with Crippen LogP contribution in [0.5, 0.6) is 0 Å². The first-order valence-corrected chi connectivity index (χ1v) is 6.98. The second-order valence-corrected chi connectivity index (χ2v) is 5.53. The molecule has 5 heteroatoms. The zero-order valence-electron chi connectivity index (χ0n) is 11.9. The molecule has 2 nitrogen and oxygen atoms in total. The molecule has 0 aliphatic carbocycles. The van der Waals surface area contributed by atoms with E-state index in [0.29, 0.717) is 11.6 Å². The van der Waals surface area contributed by atoms with Crippen LogP contribution in [-0.4, -0.2) is 31.1 Å². The van der Waals surface area contributed by atoms with Gasteiger partial charge in [-0.3, -0.25) is 4.90 Å². The molecule has 2 atom stereocenters. The summed E-state index contributed by atoms with van der Waals surface area (Å²) >= 11 is 0. The van der Waals surface area contributed by atoms with Gasteiger partial charge in [0.25, 0.3) is 0 Å². The Kier molecular flexibility index (Phi) is 4.70. The molecule has 2 unspecified atom stereocenters. The molecule has 0 aromatic heterocycles. The van der Waals surface area contributed by atoms with Gasteiger partial charge in [-0.25, -0.2) is 0 Å². The third-order valence-corrected chi connectivity index (χ3v) is 4.03. The van der Waals surface area contributed by atoms with E-state index in [-0.39, 0.29) is 6.04 Å². The zero-order valence-corrected chi connectivity index (χ0v) is 11.9. The molecule has 0 saturated carbocycles. The summed E-state index contributed by atoms with van der Waals surface area (Å²) in [5.74, 6) is 0. The van der Waals surface area contributed by atoms with Gasteiger partial charge in [0.2, 0.25) is 0 Å². The SMILES string of the molecule is CC(c1cccc(C(F)(F)F)c1)N(C)CC1CCCN1. The second-order valence-electron chi connectivity index (χ2n) is 5.53. The number of hydrogen-bond donors (Lipinski definition) is 1. The van der Waals surface area contributed by atoms with Crippen LogP contribution < -0.4 is 5.32 Å². The van der Waals surface area contributed by atoms with Crippen molar-refractivity contribution in [3.05, 3.63) is 35.4 Å². The van der Waals surface area contributed by atoms with E-state index < -0.39 is 11.7 Å². The fourth-order valence-corrected chi connectivity index (χ4v) is 2.65. The summed E-state index contributed by atoms with van der Waals surface area (Å²) in [5.41, 5.74) is 0.134. The molecule has 0 amide bonds. The van der Waals surface area contributed by atoms with Crippen molar-refractivity contribution in [1.82, 2.24) is 10.2 Å². The summed E-state index contributed by atoms with van der Waals surface area (Å²) in [6, 6.07) is 6.04. The molecule has 1 N–H and O–H groups in total. The lowest BCUT2D eigenvalue weighted by Gasteiger charge is -2.28. The first-order chi connectivity index (χ1) is 9.38. The van der Waals surface area contributed by atoms with Crippen molar-refractivity contribution in [1.29, 1.82) is 0 Å². The number of nitrogens with zero attached hydrogens (tertiary/aromatic N) is 1. The molecule has 1 heterocycles. The highest BCUT2D eigenvalue weighted by atomic mass is 19.4. The van der Waals surface area contributed by atoms with E-state index in [2.05, 4.69) is 10.2 Å². The van der Waals surface area contributed by atoms with Gasteiger partial charge in [0.05, 0.1) is 5.56 Å². The third kappa shape index (κ3) is 3.73. The van der Waals surface area contributed by atoms with Crippen molar-refractivity contribution >= 4 is 0 Å². The number of nitrogens with one attached hydrogen (secondary N) is 1. The fraction of sp³-hybridized carbons (Fsp3) is 0.600. The minimum atomic E-state index is -4.28. The Bertz CT molecular complexity index is 439. The van der Waals surface area contributed by atoms with Gasteiger partial charge in [-0.05, 0) is 51.1 Å². The summed E-state index contributed by atoms with van der Waals surface area (Å²) in [6.45, 7) is 3.85. The Labute approximate surface area is 118 Å². The molecule has 0 bridgehead atoms. The third-order valence-electron chi connectivity index (χ3n) is 4.03. The molecule has 1 aliphatic heterocycles. The van der Waals surface area contributed by atoms with Crippen molar-refractivity contribution in [2.45, 2.75) is 38.0 Å². The fourth-order valence-electron chi connectivity index (χ4n) is 2.65. The van der Waals surface area contributed by atoms with E-state index in [1.807, 2.05) is 14.0 Å². The predicted octanol–water partition coefficient (Wildman–Crippen LogP) is 3.45. The zero-order chi connectivity index (χ0) is 14.8. The maximum absolute atomic E-state index is 12.7. The van der Waals surface area contributed by atoms with Gasteiger partial charge in [0, 0.05) is 18.6 Å². The van der Waals surface area contributed by atoms with E-state index in [1.54, 1.807) is 6.07 Å². The Morgan fingerprint density at radius 3 is 2.75 bits per heavy atom. The molecule has 1 aromatic rings. The molecule has 1 aliphatic rings. The first-order valence-electron chi connectivity index (χ1n) is 6.98. The van der Waals surface area contributed by atoms with Gasteiger partial charge < -0.3 is 5.32 Å². The lowest BCUT2D eigenvalue weighted by atomic mass is 10.0. The largest absolute Gasteiger partial charge is 0.416 e. The highest BCUT2D eigenvalue weighted by Crippen LogP contribution is 2.31. The highest BCUT2D eigenvalue weighted by Gasteiger charge is 2.31. The van der Waals surface area contributed by atoms with Gasteiger partial charge in [0.1, 0.15) is 0 Å². The Morgan fingerprint density at radius 1 is 1.40 bits per heavy atom. The van der Waals surface area contributed by atoms with E-state index >= 15 is 0 Å². The van der Waals surface area contributed by atoms with Crippen molar-refractivity contribution in [2.75, 3.05) is 20.1 Å². The number of likely N-dealkylation sites (N-methyl/N-ethyl adjacent to an activating group) is 1. The summed E-state index contributed by atoms with van der Waals surface area (Å²) in [5, 5.41) is 3.41. The normalized spacial score (nSPS) is 21.4. The summed E-state index contributed by atoms with van der Waals surface area (Å²) in [4.78, 5) is 2.11. The monoisotopic (exact) mass is 286 g/mol. The minimum Gasteiger partial charge on any atom is -0.313 e. The average Bonchev–Trinajstić information content (AvgIpc) is 2.90. The Hall–Kier alpha value is -1.07. The molecule has 1 aromatic carbocycles. The average molecular weight is 286 g/mol. The van der Waals surface area contributed by atoms with Crippen LogP contribution in [0.3, 0.4) is 0 Å². The molecular formula is C15H21F3N2. The number of rotatable bonds is 4. The molecule has 1 fully saturated rings. The van der Waals surface area contributed by atoms with Crippen molar-refractivity contribution in [2.24, 2.45) is 0 Å². The summed E-state index contributed by atoms with van der Waals surface area (Å²) in [6.07, 6.45) is -1.96. The van der Waals surface area contributed by atoms with Gasteiger partial charge in [0.15, 0.2) is 0 Å². The van der Waals surface area contributed by atoms with Crippen molar-refractivity contribution in [3.8, 4) is 0 Å². The Balaban J connectivity index is 2.05. The van der Waals surface area contributed by atoms with Crippen LogP contribution in [0.1, 0.15) is 36.9 Å². The maximum atomic E-state index is 12.7. The van der Waals surface area contributed by atoms with Crippen LogP contribution >= 0.6 is 0 Å². The molecule has 0 spiro atoms. The van der Waals surface area contributed by atoms with E-state index in [9.17, 15) is 13.2 Å². The Morgan fingerprint density at radius 2 is 2.15 bits per heavy atom. The quantitative estimate of drug-likeness (QED) is 0.912. The number of alkyl halides is 3. The number of hydrogen-bond acceptors (Lipinski definition) is 2. The molecule has 2 rings (SSSR count). The van der Waals surface area contributed by atoms with E-state index in [1.165, 1.54) is 18.6 Å². The molecule has 1 saturated heterocycles. The van der Waals surface area contributed by atoms with Crippen LogP contribution in [0.2, 0.25) is 0 Å². The van der Waals surface area contributed by atoms with Gasteiger partial charge in [-0.2, -0.15) is 13.2 Å². The van der Waals surface area contributed by atoms with E-state index in [4.69, 9.17) is 0 Å². The molecule has 112 valence electrons. The smallest absolute Gasteiger partial charge is 0.313 e. The van der Waals surface area contributed by atoms with Crippen LogP contribution in [-0.2, 0) is 6.18 Å². The molecular weight excluding hydrogens is 265 g/mol. The second kappa shape index (κ2) is 6.14. The lowest BCUT2D eigenvalue weighted by Crippen LogP contribution is -2.36. The predicted molar refractivity (Wildman–Crippen MR) is 73.5 cm³/mol. The summed E-state index contributed by atoms with van der Waals surface area (Å²) in [7, 11) is 1.96. The highest BCUT2D eigenvalue weighted by molar-refractivity contribution is 5.27. The van der Waals surface area contributed by atoms with Crippen molar-refractivity contribution in [3.63, 3.8) is 0 Å². The van der Waals surface area contributed by atoms with Crippen molar-refractivity contribution < 1.29 is 13.2 Å². The van der Waals surface area contributed by atoms with Crippen LogP contribution in [0, 0.1) is 0 Å².